The summed E-state index contributed by atoms with van der Waals surface area (Å²) < 4.78 is 22.5. The van der Waals surface area contributed by atoms with Gasteiger partial charge in [-0.15, -0.1) is 0 Å². The number of piperidine rings is 1. The lowest BCUT2D eigenvalue weighted by atomic mass is 9.71. The molecule has 0 bridgehead atoms. The molecule has 1 atom stereocenters. The summed E-state index contributed by atoms with van der Waals surface area (Å²) in [5.74, 6) is 0.314. The van der Waals surface area contributed by atoms with Gasteiger partial charge in [-0.2, -0.15) is 0 Å². The van der Waals surface area contributed by atoms with Crippen molar-refractivity contribution in [1.82, 2.24) is 4.90 Å². The fourth-order valence-electron chi connectivity index (χ4n) is 4.09. The zero-order chi connectivity index (χ0) is 17.4. The number of fused-ring (bicyclic) bond motifs is 1. The highest BCUT2D eigenvalue weighted by Crippen LogP contribution is 2.37. The first kappa shape index (κ1) is 17.4. The summed E-state index contributed by atoms with van der Waals surface area (Å²) in [4.78, 5) is 15.0. The Kier molecular flexibility index (Phi) is 4.71. The Bertz CT molecular complexity index is 724. The molecular formula is C18H26N2O3S. The highest BCUT2D eigenvalue weighted by Gasteiger charge is 2.40. The minimum atomic E-state index is -3.43. The summed E-state index contributed by atoms with van der Waals surface area (Å²) in [6.45, 7) is 3.34. The van der Waals surface area contributed by atoms with Crippen LogP contribution in [0.1, 0.15) is 37.3 Å². The predicted octanol–water partition coefficient (Wildman–Crippen LogP) is 1.71. The van der Waals surface area contributed by atoms with Crippen LogP contribution >= 0.6 is 0 Å². The standard InChI is InChI=1S/C18H26N2O3S/c1-18(9-6-15-4-2-3-5-16(15)12-18)17(21)20-10-7-14(8-11-20)13-24(19,22)23/h2-5,14H,6-13H2,1H3,(H2,19,22,23). The van der Waals surface area contributed by atoms with Gasteiger partial charge < -0.3 is 4.90 Å². The number of benzene rings is 1. The maximum Gasteiger partial charge on any atom is 0.228 e. The molecule has 0 saturated carbocycles. The lowest BCUT2D eigenvalue weighted by Crippen LogP contribution is -2.48. The summed E-state index contributed by atoms with van der Waals surface area (Å²) in [6.07, 6.45) is 4.04. The Hall–Kier alpha value is -1.40. The van der Waals surface area contributed by atoms with Crippen LogP contribution in [0, 0.1) is 11.3 Å². The second kappa shape index (κ2) is 6.48. The molecule has 0 radical (unpaired) electrons. The molecule has 0 spiro atoms. The maximum atomic E-state index is 13.1. The van der Waals surface area contributed by atoms with Gasteiger partial charge in [-0.05, 0) is 49.1 Å². The molecule has 1 aliphatic carbocycles. The van der Waals surface area contributed by atoms with E-state index in [0.717, 1.165) is 32.1 Å². The van der Waals surface area contributed by atoms with Gasteiger partial charge in [-0.25, -0.2) is 13.6 Å². The summed E-state index contributed by atoms with van der Waals surface area (Å²) in [5.41, 5.74) is 2.29. The first-order chi connectivity index (χ1) is 11.3. The molecule has 2 N–H and O–H groups in total. The third kappa shape index (κ3) is 3.81. The molecule has 1 aromatic rings. The molecule has 1 unspecified atom stereocenters. The van der Waals surface area contributed by atoms with E-state index in [2.05, 4.69) is 25.1 Å². The molecule has 5 nitrogen and oxygen atoms in total. The topological polar surface area (TPSA) is 80.5 Å². The predicted molar refractivity (Wildman–Crippen MR) is 93.9 cm³/mol. The smallest absolute Gasteiger partial charge is 0.228 e. The number of aryl methyl sites for hydroxylation is 1. The van der Waals surface area contributed by atoms with Crippen molar-refractivity contribution in [3.8, 4) is 0 Å². The molecule has 1 amide bonds. The second-order valence-corrected chi connectivity index (χ2v) is 9.23. The molecule has 2 aliphatic rings. The molecule has 1 aromatic carbocycles. The number of hydrogen-bond donors (Lipinski definition) is 1. The Morgan fingerprint density at radius 3 is 2.50 bits per heavy atom. The second-order valence-electron chi connectivity index (χ2n) is 7.57. The van der Waals surface area contributed by atoms with Crippen LogP contribution in [-0.4, -0.2) is 38.1 Å². The molecule has 3 rings (SSSR count). The molecule has 1 saturated heterocycles. The van der Waals surface area contributed by atoms with Gasteiger partial charge in [0.15, 0.2) is 0 Å². The molecule has 1 fully saturated rings. The highest BCUT2D eigenvalue weighted by molar-refractivity contribution is 7.89. The number of nitrogens with two attached hydrogens (primary N) is 1. The van der Waals surface area contributed by atoms with Gasteiger partial charge in [0.25, 0.3) is 0 Å². The van der Waals surface area contributed by atoms with Crippen LogP contribution in [0.2, 0.25) is 0 Å². The van der Waals surface area contributed by atoms with E-state index in [-0.39, 0.29) is 23.0 Å². The van der Waals surface area contributed by atoms with Gasteiger partial charge >= 0.3 is 0 Å². The number of amides is 1. The molecule has 0 aromatic heterocycles. The van der Waals surface area contributed by atoms with Gasteiger partial charge in [0, 0.05) is 13.1 Å². The van der Waals surface area contributed by atoms with Gasteiger partial charge in [0.1, 0.15) is 0 Å². The average molecular weight is 350 g/mol. The van der Waals surface area contributed by atoms with Crippen molar-refractivity contribution in [1.29, 1.82) is 0 Å². The van der Waals surface area contributed by atoms with E-state index in [0.29, 0.717) is 13.1 Å². The van der Waals surface area contributed by atoms with Crippen LogP contribution < -0.4 is 5.14 Å². The number of rotatable bonds is 3. The summed E-state index contributed by atoms with van der Waals surface area (Å²) in [6, 6.07) is 8.36. The number of carbonyl (C=O) groups is 1. The van der Waals surface area contributed by atoms with Crippen LogP contribution in [-0.2, 0) is 27.7 Å². The highest BCUT2D eigenvalue weighted by atomic mass is 32.2. The van der Waals surface area contributed by atoms with Crippen LogP contribution in [0.5, 0.6) is 0 Å². The number of sulfonamides is 1. The monoisotopic (exact) mass is 350 g/mol. The molecule has 24 heavy (non-hydrogen) atoms. The minimum absolute atomic E-state index is 0.0275. The number of likely N-dealkylation sites (tertiary alicyclic amines) is 1. The Morgan fingerprint density at radius 1 is 1.25 bits per heavy atom. The summed E-state index contributed by atoms with van der Waals surface area (Å²) >= 11 is 0. The largest absolute Gasteiger partial charge is 0.342 e. The SMILES string of the molecule is CC1(C(=O)N2CCC(CS(N)(=O)=O)CC2)CCc2ccccc2C1. The van der Waals surface area contributed by atoms with Gasteiger partial charge in [-0.3, -0.25) is 4.79 Å². The van der Waals surface area contributed by atoms with Crippen LogP contribution in [0.15, 0.2) is 24.3 Å². The van der Waals surface area contributed by atoms with Crippen molar-refractivity contribution in [2.24, 2.45) is 16.5 Å². The number of nitrogens with zero attached hydrogens (tertiary/aromatic N) is 1. The molecule has 6 heteroatoms. The summed E-state index contributed by atoms with van der Waals surface area (Å²) in [5, 5.41) is 5.14. The van der Waals surface area contributed by atoms with E-state index in [1.54, 1.807) is 0 Å². The normalized spacial score (nSPS) is 25.3. The molecule has 1 aliphatic heterocycles. The van der Waals surface area contributed by atoms with Crippen molar-refractivity contribution < 1.29 is 13.2 Å². The van der Waals surface area contributed by atoms with Crippen LogP contribution in [0.25, 0.3) is 0 Å². The van der Waals surface area contributed by atoms with E-state index in [1.807, 2.05) is 11.0 Å². The number of hydrogen-bond acceptors (Lipinski definition) is 3. The van der Waals surface area contributed by atoms with E-state index >= 15 is 0 Å². The van der Waals surface area contributed by atoms with Crippen LogP contribution in [0.4, 0.5) is 0 Å². The Labute approximate surface area is 144 Å². The fraction of sp³-hybridized carbons (Fsp3) is 0.611. The van der Waals surface area contributed by atoms with Gasteiger partial charge in [0.05, 0.1) is 11.2 Å². The van der Waals surface area contributed by atoms with E-state index in [4.69, 9.17) is 5.14 Å². The summed E-state index contributed by atoms with van der Waals surface area (Å²) in [7, 11) is -3.43. The number of primary sulfonamides is 1. The van der Waals surface area contributed by atoms with Crippen molar-refractivity contribution in [2.45, 2.75) is 39.0 Å². The first-order valence-corrected chi connectivity index (χ1v) is 10.3. The Balaban J connectivity index is 1.63. The maximum absolute atomic E-state index is 13.1. The van der Waals surface area contributed by atoms with E-state index in [9.17, 15) is 13.2 Å². The molecule has 132 valence electrons. The zero-order valence-electron chi connectivity index (χ0n) is 14.2. The van der Waals surface area contributed by atoms with Crippen molar-refractivity contribution >= 4 is 15.9 Å². The third-order valence-corrected chi connectivity index (χ3v) is 6.47. The third-order valence-electron chi connectivity index (χ3n) is 5.53. The lowest BCUT2D eigenvalue weighted by molar-refractivity contribution is -0.143. The molecule has 1 heterocycles. The molecular weight excluding hydrogens is 324 g/mol. The fourth-order valence-corrected chi connectivity index (χ4v) is 5.08. The van der Waals surface area contributed by atoms with E-state index in [1.165, 1.54) is 11.1 Å². The van der Waals surface area contributed by atoms with E-state index < -0.39 is 10.0 Å². The van der Waals surface area contributed by atoms with Crippen molar-refractivity contribution in [2.75, 3.05) is 18.8 Å². The first-order valence-electron chi connectivity index (χ1n) is 8.63. The zero-order valence-corrected chi connectivity index (χ0v) is 15.0. The quantitative estimate of drug-likeness (QED) is 0.901. The van der Waals surface area contributed by atoms with Crippen LogP contribution in [0.3, 0.4) is 0 Å². The lowest BCUT2D eigenvalue weighted by Gasteiger charge is -2.40. The average Bonchev–Trinajstić information content (AvgIpc) is 2.53. The minimum Gasteiger partial charge on any atom is -0.342 e. The number of carbonyl (C=O) groups excluding carboxylic acids is 1. The Morgan fingerprint density at radius 2 is 1.88 bits per heavy atom. The van der Waals surface area contributed by atoms with Gasteiger partial charge in [-0.1, -0.05) is 31.2 Å². The van der Waals surface area contributed by atoms with Crippen molar-refractivity contribution in [3.63, 3.8) is 0 Å². The van der Waals surface area contributed by atoms with Crippen molar-refractivity contribution in [3.05, 3.63) is 35.4 Å². The van der Waals surface area contributed by atoms with Gasteiger partial charge in [0.2, 0.25) is 15.9 Å².